The van der Waals surface area contributed by atoms with Crippen LogP contribution < -0.4 is 15.5 Å². The molecule has 0 spiro atoms. The third-order valence-electron chi connectivity index (χ3n) is 3.22. The molecule has 1 aromatic carbocycles. The summed E-state index contributed by atoms with van der Waals surface area (Å²) in [6, 6.07) is 8.66. The van der Waals surface area contributed by atoms with Gasteiger partial charge in [0.1, 0.15) is 0 Å². The van der Waals surface area contributed by atoms with E-state index >= 15 is 0 Å². The van der Waals surface area contributed by atoms with Crippen molar-refractivity contribution in [3.05, 3.63) is 42.7 Å². The zero-order valence-corrected chi connectivity index (χ0v) is 12.7. The molecule has 2 aromatic rings. The lowest BCUT2D eigenvalue weighted by molar-refractivity contribution is -0.116. The minimum Gasteiger partial charge on any atom is -0.314 e. The number of anilines is 3. The summed E-state index contributed by atoms with van der Waals surface area (Å²) in [6.45, 7) is 0. The molecule has 7 heteroatoms. The number of nitrogens with one attached hydrogen (secondary N) is 2. The number of urea groups is 1. The van der Waals surface area contributed by atoms with Gasteiger partial charge in [-0.25, -0.2) is 4.79 Å². The summed E-state index contributed by atoms with van der Waals surface area (Å²) >= 11 is 1.50. The van der Waals surface area contributed by atoms with Crippen molar-refractivity contribution in [3.8, 4) is 0 Å². The molecule has 0 unspecified atom stereocenters. The molecular weight excluding hydrogens is 300 g/mol. The number of fused-ring (bicyclic) bond motifs is 1. The number of aromatic nitrogens is 1. The number of hydrogen-bond acceptors (Lipinski definition) is 4. The van der Waals surface area contributed by atoms with Crippen molar-refractivity contribution in [1.82, 2.24) is 4.98 Å². The Morgan fingerprint density at radius 3 is 2.86 bits per heavy atom. The van der Waals surface area contributed by atoms with Crippen molar-refractivity contribution in [2.45, 2.75) is 4.90 Å². The molecular formula is C15H14N4O2S. The Labute approximate surface area is 131 Å². The highest BCUT2D eigenvalue weighted by Gasteiger charge is 2.21. The molecule has 2 N–H and O–H groups in total. The summed E-state index contributed by atoms with van der Waals surface area (Å²) in [5.74, 6) is 0.493. The lowest BCUT2D eigenvalue weighted by Gasteiger charge is -2.25. The van der Waals surface area contributed by atoms with Gasteiger partial charge in [-0.2, -0.15) is 0 Å². The van der Waals surface area contributed by atoms with E-state index in [2.05, 4.69) is 15.6 Å². The van der Waals surface area contributed by atoms with E-state index in [4.69, 9.17) is 0 Å². The fourth-order valence-corrected chi connectivity index (χ4v) is 3.06. The predicted octanol–water partition coefficient (Wildman–Crippen LogP) is 2.79. The van der Waals surface area contributed by atoms with Gasteiger partial charge in [0, 0.05) is 23.8 Å². The first-order valence-corrected chi connectivity index (χ1v) is 7.63. The molecule has 0 radical (unpaired) electrons. The van der Waals surface area contributed by atoms with Crippen LogP contribution in [0.4, 0.5) is 21.9 Å². The number of benzene rings is 1. The second kappa shape index (κ2) is 6.07. The molecule has 0 saturated carbocycles. The highest BCUT2D eigenvalue weighted by molar-refractivity contribution is 8.00. The number of carbonyl (C=O) groups is 2. The first-order chi connectivity index (χ1) is 10.6. The summed E-state index contributed by atoms with van der Waals surface area (Å²) in [4.78, 5) is 30.3. The van der Waals surface area contributed by atoms with E-state index < -0.39 is 0 Å². The second-order valence-corrected chi connectivity index (χ2v) is 5.76. The standard InChI is InChI=1S/C15H14N4O2S/c1-19-12-7-10(4-5-13(12)22-9-14(19)20)17-15(21)18-11-3-2-6-16-8-11/h2-8H,9H2,1H3,(H2,17,18,21). The normalized spacial score (nSPS) is 13.5. The minimum atomic E-state index is -0.356. The van der Waals surface area contributed by atoms with Gasteiger partial charge in [-0.3, -0.25) is 9.78 Å². The zero-order chi connectivity index (χ0) is 15.5. The molecule has 3 amide bonds. The quantitative estimate of drug-likeness (QED) is 0.894. The molecule has 112 valence electrons. The summed E-state index contributed by atoms with van der Waals surface area (Å²) in [5.41, 5.74) is 2.04. The highest BCUT2D eigenvalue weighted by Crippen LogP contribution is 2.36. The van der Waals surface area contributed by atoms with Crippen LogP contribution in [0.2, 0.25) is 0 Å². The Kier molecular flexibility index (Phi) is 3.97. The van der Waals surface area contributed by atoms with E-state index in [1.165, 1.54) is 11.8 Å². The largest absolute Gasteiger partial charge is 0.323 e. The van der Waals surface area contributed by atoms with E-state index in [0.29, 0.717) is 17.1 Å². The Morgan fingerprint density at radius 2 is 2.09 bits per heavy atom. The minimum absolute atomic E-state index is 0.0504. The lowest BCUT2D eigenvalue weighted by atomic mass is 10.2. The maximum Gasteiger partial charge on any atom is 0.323 e. The van der Waals surface area contributed by atoms with Crippen LogP contribution in [0.3, 0.4) is 0 Å². The molecule has 0 fully saturated rings. The molecule has 1 aromatic heterocycles. The molecule has 0 atom stereocenters. The van der Waals surface area contributed by atoms with Crippen LogP contribution in [-0.2, 0) is 4.79 Å². The number of rotatable bonds is 2. The predicted molar refractivity (Wildman–Crippen MR) is 87.5 cm³/mol. The molecule has 1 aliphatic heterocycles. The topological polar surface area (TPSA) is 74.3 Å². The fraction of sp³-hybridized carbons (Fsp3) is 0.133. The monoisotopic (exact) mass is 314 g/mol. The van der Waals surface area contributed by atoms with Crippen LogP contribution >= 0.6 is 11.8 Å². The Morgan fingerprint density at radius 1 is 1.27 bits per heavy atom. The number of hydrogen-bond donors (Lipinski definition) is 2. The van der Waals surface area contributed by atoms with Gasteiger partial charge in [0.25, 0.3) is 0 Å². The van der Waals surface area contributed by atoms with Gasteiger partial charge in [0.05, 0.1) is 23.3 Å². The number of carbonyl (C=O) groups excluding carboxylic acids is 2. The SMILES string of the molecule is CN1C(=O)CSc2ccc(NC(=O)Nc3cccnc3)cc21. The third kappa shape index (κ3) is 3.04. The maximum atomic E-state index is 12.0. The Hall–Kier alpha value is -2.54. The van der Waals surface area contributed by atoms with Crippen LogP contribution in [-0.4, -0.2) is 29.7 Å². The van der Waals surface area contributed by atoms with Crippen molar-refractivity contribution >= 4 is 40.8 Å². The van der Waals surface area contributed by atoms with Gasteiger partial charge in [0.15, 0.2) is 0 Å². The number of thioether (sulfide) groups is 1. The first-order valence-electron chi connectivity index (χ1n) is 6.65. The van der Waals surface area contributed by atoms with Crippen LogP contribution in [0, 0.1) is 0 Å². The van der Waals surface area contributed by atoms with E-state index in [1.807, 2.05) is 12.1 Å². The van der Waals surface area contributed by atoms with Crippen molar-refractivity contribution in [2.75, 3.05) is 28.3 Å². The van der Waals surface area contributed by atoms with Crippen molar-refractivity contribution in [2.24, 2.45) is 0 Å². The average Bonchev–Trinajstić information content (AvgIpc) is 2.52. The summed E-state index contributed by atoms with van der Waals surface area (Å²) in [5, 5.41) is 5.44. The molecule has 0 saturated heterocycles. The molecule has 0 bridgehead atoms. The zero-order valence-electron chi connectivity index (χ0n) is 11.9. The molecule has 0 aliphatic carbocycles. The van der Waals surface area contributed by atoms with E-state index in [1.54, 1.807) is 42.5 Å². The van der Waals surface area contributed by atoms with Gasteiger partial charge >= 0.3 is 6.03 Å². The molecule has 22 heavy (non-hydrogen) atoms. The van der Waals surface area contributed by atoms with Gasteiger partial charge in [0.2, 0.25) is 5.91 Å². The van der Waals surface area contributed by atoms with Gasteiger partial charge in [-0.1, -0.05) is 0 Å². The Bertz CT molecular complexity index is 721. The van der Waals surface area contributed by atoms with E-state index in [9.17, 15) is 9.59 Å². The number of nitrogens with zero attached hydrogens (tertiary/aromatic N) is 2. The maximum absolute atomic E-state index is 12.0. The molecule has 1 aliphatic rings. The first kappa shape index (κ1) is 14.4. The Balaban J connectivity index is 1.73. The van der Waals surface area contributed by atoms with Crippen molar-refractivity contribution in [3.63, 3.8) is 0 Å². The summed E-state index contributed by atoms with van der Waals surface area (Å²) in [6.07, 6.45) is 3.20. The van der Waals surface area contributed by atoms with Crippen LogP contribution in [0.15, 0.2) is 47.6 Å². The second-order valence-electron chi connectivity index (χ2n) is 4.74. The van der Waals surface area contributed by atoms with Crippen LogP contribution in [0.1, 0.15) is 0 Å². The van der Waals surface area contributed by atoms with Gasteiger partial charge < -0.3 is 15.5 Å². The third-order valence-corrected chi connectivity index (χ3v) is 4.27. The summed E-state index contributed by atoms with van der Waals surface area (Å²) < 4.78 is 0. The van der Waals surface area contributed by atoms with E-state index in [-0.39, 0.29) is 11.9 Å². The highest BCUT2D eigenvalue weighted by atomic mass is 32.2. The molecule has 6 nitrogen and oxygen atoms in total. The van der Waals surface area contributed by atoms with Crippen molar-refractivity contribution < 1.29 is 9.59 Å². The fourth-order valence-electron chi connectivity index (χ4n) is 2.08. The molecule has 2 heterocycles. The smallest absolute Gasteiger partial charge is 0.314 e. The summed E-state index contributed by atoms with van der Waals surface area (Å²) in [7, 11) is 1.74. The van der Waals surface area contributed by atoms with Crippen LogP contribution in [0.5, 0.6) is 0 Å². The van der Waals surface area contributed by atoms with E-state index in [0.717, 1.165) is 10.6 Å². The van der Waals surface area contributed by atoms with Gasteiger partial charge in [-0.15, -0.1) is 11.8 Å². The van der Waals surface area contributed by atoms with Crippen molar-refractivity contribution in [1.29, 1.82) is 0 Å². The van der Waals surface area contributed by atoms with Gasteiger partial charge in [-0.05, 0) is 30.3 Å². The number of amides is 3. The lowest BCUT2D eigenvalue weighted by Crippen LogP contribution is -2.31. The molecule has 3 rings (SSSR count). The average molecular weight is 314 g/mol. The van der Waals surface area contributed by atoms with Crippen LogP contribution in [0.25, 0.3) is 0 Å². The number of pyridine rings is 1.